The van der Waals surface area contributed by atoms with E-state index in [1.807, 2.05) is 47.0 Å². The van der Waals surface area contributed by atoms with E-state index >= 15 is 0 Å². The van der Waals surface area contributed by atoms with E-state index in [2.05, 4.69) is 37.6 Å². The lowest BCUT2D eigenvalue weighted by molar-refractivity contribution is -0.117. The summed E-state index contributed by atoms with van der Waals surface area (Å²) < 4.78 is 3.16. The number of rotatable bonds is 5. The number of thiazole rings is 1. The molecule has 0 aliphatic heterocycles. The second kappa shape index (κ2) is 7.62. The first kappa shape index (κ1) is 17.4. The topological polar surface area (TPSA) is 34.4 Å². The maximum atomic E-state index is 12.4. The number of carbonyl (C=O) groups is 1. The molecule has 0 saturated carbocycles. The SMILES string of the molecule is C=CCn1c(=NC(=O)Cc2ccc(C(C)C)cc2)sc2ccccc21. The molecule has 3 rings (SSSR count). The molecule has 2 aromatic carbocycles. The largest absolute Gasteiger partial charge is 0.313 e. The maximum absolute atomic E-state index is 12.4. The Morgan fingerprint density at radius 3 is 2.60 bits per heavy atom. The summed E-state index contributed by atoms with van der Waals surface area (Å²) in [4.78, 5) is 17.5. The first-order chi connectivity index (χ1) is 12.1. The highest BCUT2D eigenvalue weighted by atomic mass is 32.1. The van der Waals surface area contributed by atoms with Crippen molar-refractivity contribution in [3.63, 3.8) is 0 Å². The summed E-state index contributed by atoms with van der Waals surface area (Å²) in [7, 11) is 0. The Bertz CT molecular complexity index is 961. The molecule has 0 bridgehead atoms. The number of para-hydroxylation sites is 1. The van der Waals surface area contributed by atoms with Gasteiger partial charge in [-0.1, -0.05) is 67.7 Å². The lowest BCUT2D eigenvalue weighted by Crippen LogP contribution is -2.16. The van der Waals surface area contributed by atoms with Gasteiger partial charge in [-0.15, -0.1) is 6.58 Å². The van der Waals surface area contributed by atoms with Gasteiger partial charge in [-0.2, -0.15) is 4.99 Å². The van der Waals surface area contributed by atoms with Crippen LogP contribution in [0.15, 0.2) is 66.2 Å². The minimum Gasteiger partial charge on any atom is -0.313 e. The molecule has 25 heavy (non-hydrogen) atoms. The van der Waals surface area contributed by atoms with Crippen LogP contribution in [-0.2, 0) is 17.8 Å². The van der Waals surface area contributed by atoms with Crippen LogP contribution in [0.5, 0.6) is 0 Å². The van der Waals surface area contributed by atoms with Crippen molar-refractivity contribution in [3.05, 3.63) is 77.1 Å². The maximum Gasteiger partial charge on any atom is 0.252 e. The van der Waals surface area contributed by atoms with E-state index in [0.717, 1.165) is 20.6 Å². The lowest BCUT2D eigenvalue weighted by Gasteiger charge is -2.05. The average Bonchev–Trinajstić information content (AvgIpc) is 2.93. The van der Waals surface area contributed by atoms with E-state index in [0.29, 0.717) is 18.9 Å². The number of amides is 1. The van der Waals surface area contributed by atoms with E-state index in [9.17, 15) is 4.79 Å². The number of aromatic nitrogens is 1. The van der Waals surface area contributed by atoms with Gasteiger partial charge in [0.05, 0.1) is 16.6 Å². The third kappa shape index (κ3) is 3.97. The fourth-order valence-electron chi connectivity index (χ4n) is 2.75. The summed E-state index contributed by atoms with van der Waals surface area (Å²) in [6, 6.07) is 16.3. The number of allylic oxidation sites excluding steroid dienone is 1. The van der Waals surface area contributed by atoms with Gasteiger partial charge in [-0.3, -0.25) is 4.79 Å². The van der Waals surface area contributed by atoms with Crippen LogP contribution in [0.4, 0.5) is 0 Å². The molecule has 1 amide bonds. The molecule has 3 aromatic rings. The minimum atomic E-state index is -0.123. The molecule has 0 radical (unpaired) electrons. The molecule has 3 nitrogen and oxygen atoms in total. The predicted molar refractivity (Wildman–Crippen MR) is 105 cm³/mol. The van der Waals surface area contributed by atoms with Crippen LogP contribution < -0.4 is 4.80 Å². The van der Waals surface area contributed by atoms with Crippen molar-refractivity contribution in [3.8, 4) is 0 Å². The molecule has 0 saturated heterocycles. The van der Waals surface area contributed by atoms with E-state index in [1.54, 1.807) is 0 Å². The van der Waals surface area contributed by atoms with Gasteiger partial charge in [0.2, 0.25) is 0 Å². The standard InChI is InChI=1S/C21H22N2OS/c1-4-13-23-18-7-5-6-8-19(18)25-21(23)22-20(24)14-16-9-11-17(12-10-16)15(2)3/h4-12,15H,1,13-14H2,2-3H3. The Balaban J connectivity index is 1.89. The molecule has 0 spiro atoms. The third-order valence-electron chi connectivity index (χ3n) is 4.12. The highest BCUT2D eigenvalue weighted by molar-refractivity contribution is 7.16. The van der Waals surface area contributed by atoms with Crippen LogP contribution >= 0.6 is 11.3 Å². The van der Waals surface area contributed by atoms with Gasteiger partial charge in [0.1, 0.15) is 0 Å². The van der Waals surface area contributed by atoms with Crippen LogP contribution in [0.3, 0.4) is 0 Å². The summed E-state index contributed by atoms with van der Waals surface area (Å²) in [6.07, 6.45) is 2.15. The third-order valence-corrected chi connectivity index (χ3v) is 5.18. The zero-order valence-electron chi connectivity index (χ0n) is 14.6. The van der Waals surface area contributed by atoms with Crippen LogP contribution in [-0.4, -0.2) is 10.5 Å². The van der Waals surface area contributed by atoms with Gasteiger partial charge in [-0.05, 0) is 29.2 Å². The van der Waals surface area contributed by atoms with Gasteiger partial charge in [0, 0.05) is 6.54 Å². The number of hydrogen-bond acceptors (Lipinski definition) is 2. The monoisotopic (exact) mass is 350 g/mol. The number of nitrogens with zero attached hydrogens (tertiary/aromatic N) is 2. The quantitative estimate of drug-likeness (QED) is 0.615. The molecule has 0 aliphatic rings. The van der Waals surface area contributed by atoms with Crippen molar-refractivity contribution in [2.45, 2.75) is 32.7 Å². The molecule has 0 N–H and O–H groups in total. The zero-order chi connectivity index (χ0) is 17.8. The molecule has 0 atom stereocenters. The summed E-state index contributed by atoms with van der Waals surface area (Å²) in [5, 5.41) is 0. The number of benzene rings is 2. The number of carbonyl (C=O) groups excluding carboxylic acids is 1. The fraction of sp³-hybridized carbons (Fsp3) is 0.238. The Kier molecular flexibility index (Phi) is 5.29. The first-order valence-corrected chi connectivity index (χ1v) is 9.26. The van der Waals surface area contributed by atoms with E-state index in [-0.39, 0.29) is 5.91 Å². The van der Waals surface area contributed by atoms with Gasteiger partial charge >= 0.3 is 0 Å². The predicted octanol–water partition coefficient (Wildman–Crippen LogP) is 4.68. The Labute approximate surface area is 152 Å². The number of hydrogen-bond donors (Lipinski definition) is 0. The smallest absolute Gasteiger partial charge is 0.252 e. The fourth-order valence-corrected chi connectivity index (χ4v) is 3.81. The van der Waals surface area contributed by atoms with Gasteiger partial charge in [0.25, 0.3) is 5.91 Å². The van der Waals surface area contributed by atoms with Crippen molar-refractivity contribution >= 4 is 27.5 Å². The normalized spacial score (nSPS) is 12.0. The molecule has 4 heteroatoms. The Hall–Kier alpha value is -2.46. The molecule has 1 heterocycles. The molecule has 128 valence electrons. The van der Waals surface area contributed by atoms with Gasteiger partial charge in [0.15, 0.2) is 4.80 Å². The van der Waals surface area contributed by atoms with Crippen molar-refractivity contribution < 1.29 is 4.79 Å². The summed E-state index contributed by atoms with van der Waals surface area (Å²) >= 11 is 1.54. The van der Waals surface area contributed by atoms with E-state index in [1.165, 1.54) is 16.9 Å². The second-order valence-corrected chi connectivity index (χ2v) is 7.34. The summed E-state index contributed by atoms with van der Waals surface area (Å²) in [6.45, 7) is 8.77. The molecule has 1 aromatic heterocycles. The Morgan fingerprint density at radius 2 is 1.92 bits per heavy atom. The Morgan fingerprint density at radius 1 is 1.20 bits per heavy atom. The molecule has 0 unspecified atom stereocenters. The van der Waals surface area contributed by atoms with Crippen LogP contribution in [0.25, 0.3) is 10.2 Å². The molecular weight excluding hydrogens is 328 g/mol. The van der Waals surface area contributed by atoms with Crippen molar-refractivity contribution in [1.29, 1.82) is 0 Å². The van der Waals surface area contributed by atoms with Crippen molar-refractivity contribution in [1.82, 2.24) is 4.57 Å². The van der Waals surface area contributed by atoms with Crippen molar-refractivity contribution in [2.75, 3.05) is 0 Å². The van der Waals surface area contributed by atoms with Crippen molar-refractivity contribution in [2.24, 2.45) is 4.99 Å². The molecular formula is C21H22N2OS. The average molecular weight is 350 g/mol. The van der Waals surface area contributed by atoms with E-state index in [4.69, 9.17) is 0 Å². The highest BCUT2D eigenvalue weighted by Gasteiger charge is 2.08. The van der Waals surface area contributed by atoms with Gasteiger partial charge in [-0.25, -0.2) is 0 Å². The molecule has 0 aliphatic carbocycles. The second-order valence-electron chi connectivity index (χ2n) is 6.33. The van der Waals surface area contributed by atoms with Crippen LogP contribution in [0.1, 0.15) is 30.9 Å². The van der Waals surface area contributed by atoms with Crippen LogP contribution in [0, 0.1) is 0 Å². The summed E-state index contributed by atoms with van der Waals surface area (Å²) in [5.74, 6) is 0.368. The first-order valence-electron chi connectivity index (χ1n) is 8.44. The van der Waals surface area contributed by atoms with E-state index < -0.39 is 0 Å². The lowest BCUT2D eigenvalue weighted by atomic mass is 10.0. The van der Waals surface area contributed by atoms with Crippen LogP contribution in [0.2, 0.25) is 0 Å². The van der Waals surface area contributed by atoms with Gasteiger partial charge < -0.3 is 4.57 Å². The molecule has 0 fully saturated rings. The zero-order valence-corrected chi connectivity index (χ0v) is 15.4. The number of fused-ring (bicyclic) bond motifs is 1. The summed E-state index contributed by atoms with van der Waals surface area (Å²) in [5.41, 5.74) is 3.36. The minimum absolute atomic E-state index is 0.123. The highest BCUT2D eigenvalue weighted by Crippen LogP contribution is 2.17.